The molecule has 0 heterocycles. The molecule has 2 aliphatic rings. The van der Waals surface area contributed by atoms with Crippen LogP contribution in [0.3, 0.4) is 0 Å². The molecule has 1 heteroatoms. The summed E-state index contributed by atoms with van der Waals surface area (Å²) in [6.45, 7) is 13.4. The van der Waals surface area contributed by atoms with E-state index in [1.807, 2.05) is 0 Å². The van der Waals surface area contributed by atoms with Crippen LogP contribution in [0, 0.1) is 12.8 Å². The summed E-state index contributed by atoms with van der Waals surface area (Å²) in [5.41, 5.74) is 12.4. The lowest BCUT2D eigenvalue weighted by Crippen LogP contribution is -2.01. The highest BCUT2D eigenvalue weighted by Gasteiger charge is 2.27. The Morgan fingerprint density at radius 1 is 1.24 bits per heavy atom. The molecule has 0 aromatic heterocycles. The quantitative estimate of drug-likeness (QED) is 0.630. The first-order valence-corrected chi connectivity index (χ1v) is 8.44. The number of thiol groups is 1. The largest absolute Gasteiger partial charge is 0.175 e. The maximum atomic E-state index is 4.55. The first-order valence-electron chi connectivity index (χ1n) is 7.81. The number of rotatable bonds is 1. The third kappa shape index (κ3) is 2.14. The molecule has 1 atom stereocenters. The normalized spacial score (nSPS) is 21.1. The van der Waals surface area contributed by atoms with E-state index in [1.165, 1.54) is 63.0 Å². The monoisotopic (exact) mass is 296 g/mol. The molecule has 0 unspecified atom stereocenters. The second-order valence-electron chi connectivity index (χ2n) is 6.56. The minimum atomic E-state index is 0.663. The van der Waals surface area contributed by atoms with Gasteiger partial charge in [-0.15, -0.1) is 0 Å². The van der Waals surface area contributed by atoms with Crippen molar-refractivity contribution in [3.8, 4) is 0 Å². The Hall–Kier alpha value is -1.21. The molecule has 1 aromatic rings. The molecule has 0 radical (unpaired) electrons. The summed E-state index contributed by atoms with van der Waals surface area (Å²) in [6.07, 6.45) is 4.84. The van der Waals surface area contributed by atoms with Crippen LogP contribution < -0.4 is 0 Å². The van der Waals surface area contributed by atoms with E-state index < -0.39 is 0 Å². The van der Waals surface area contributed by atoms with Gasteiger partial charge >= 0.3 is 0 Å². The first kappa shape index (κ1) is 14.7. The highest BCUT2D eigenvalue weighted by atomic mass is 32.1. The number of fused-ring (bicyclic) bond motifs is 2. The molecule has 0 saturated heterocycles. The molecule has 0 aliphatic heterocycles. The highest BCUT2D eigenvalue weighted by molar-refractivity contribution is 7.80. The van der Waals surface area contributed by atoms with E-state index in [1.54, 1.807) is 0 Å². The van der Waals surface area contributed by atoms with E-state index in [-0.39, 0.29) is 0 Å². The van der Waals surface area contributed by atoms with E-state index in [2.05, 4.69) is 59.0 Å². The van der Waals surface area contributed by atoms with Gasteiger partial charge < -0.3 is 0 Å². The lowest BCUT2D eigenvalue weighted by atomic mass is 9.87. The van der Waals surface area contributed by atoms with Crippen LogP contribution in [0.15, 0.2) is 24.3 Å². The second-order valence-corrected chi connectivity index (χ2v) is 6.87. The van der Waals surface area contributed by atoms with Crippen molar-refractivity contribution in [3.05, 3.63) is 52.1 Å². The van der Waals surface area contributed by atoms with Gasteiger partial charge in [0, 0.05) is 5.75 Å². The van der Waals surface area contributed by atoms with Gasteiger partial charge in [0.15, 0.2) is 0 Å². The minimum Gasteiger partial charge on any atom is -0.175 e. The average Bonchev–Trinajstić information content (AvgIpc) is 2.58. The van der Waals surface area contributed by atoms with Crippen molar-refractivity contribution in [1.29, 1.82) is 0 Å². The van der Waals surface area contributed by atoms with Gasteiger partial charge in [-0.05, 0) is 95.7 Å². The lowest BCUT2D eigenvalue weighted by molar-refractivity contribution is 0.653. The van der Waals surface area contributed by atoms with E-state index in [0.29, 0.717) is 5.92 Å². The molecule has 0 amide bonds. The van der Waals surface area contributed by atoms with Crippen LogP contribution in [0.25, 0.3) is 16.7 Å². The molecule has 21 heavy (non-hydrogen) atoms. The van der Waals surface area contributed by atoms with Crippen molar-refractivity contribution in [2.24, 2.45) is 5.92 Å². The second kappa shape index (κ2) is 5.21. The van der Waals surface area contributed by atoms with Gasteiger partial charge in [0.05, 0.1) is 0 Å². The molecule has 0 N–H and O–H groups in total. The zero-order chi connectivity index (χ0) is 15.3. The van der Waals surface area contributed by atoms with Crippen LogP contribution in [0.2, 0.25) is 0 Å². The molecular weight excluding hydrogens is 272 g/mol. The van der Waals surface area contributed by atoms with Crippen LogP contribution in [-0.2, 0) is 6.42 Å². The fourth-order valence-electron chi connectivity index (χ4n) is 3.91. The highest BCUT2D eigenvalue weighted by Crippen LogP contribution is 2.45. The van der Waals surface area contributed by atoms with Crippen LogP contribution in [0.5, 0.6) is 0 Å². The molecule has 0 spiro atoms. The van der Waals surface area contributed by atoms with Crippen LogP contribution in [-0.4, -0.2) is 5.75 Å². The van der Waals surface area contributed by atoms with Crippen LogP contribution in [0.1, 0.15) is 55.0 Å². The molecule has 1 aromatic carbocycles. The summed E-state index contributed by atoms with van der Waals surface area (Å²) in [7, 11) is 0. The van der Waals surface area contributed by atoms with E-state index in [4.69, 9.17) is 0 Å². The topological polar surface area (TPSA) is 0 Å². The summed E-state index contributed by atoms with van der Waals surface area (Å²) in [6, 6.07) is 2.40. The number of hydrogen-bond acceptors (Lipinski definition) is 1. The predicted molar refractivity (Wildman–Crippen MR) is 97.8 cm³/mol. The van der Waals surface area contributed by atoms with Crippen molar-refractivity contribution >= 4 is 29.3 Å². The average molecular weight is 296 g/mol. The van der Waals surface area contributed by atoms with E-state index >= 15 is 0 Å². The predicted octanol–water partition coefficient (Wildman–Crippen LogP) is 5.71. The van der Waals surface area contributed by atoms with Gasteiger partial charge in [-0.1, -0.05) is 19.6 Å². The standard InChI is InChI=1S/C20H24S/c1-11-6-7-16-15(5)20-14(4)13(3)19(10-21)18(20)9-17(16)12(2)8-11/h8-9,11,21H,4,6-7,10H2,1-3,5H3/t11-/m0/s1. The first-order chi connectivity index (χ1) is 9.95. The zero-order valence-corrected chi connectivity index (χ0v) is 14.4. The van der Waals surface area contributed by atoms with Crippen molar-refractivity contribution in [3.63, 3.8) is 0 Å². The summed E-state index contributed by atoms with van der Waals surface area (Å²) >= 11 is 4.55. The van der Waals surface area contributed by atoms with Crippen molar-refractivity contribution in [1.82, 2.24) is 0 Å². The summed E-state index contributed by atoms with van der Waals surface area (Å²) < 4.78 is 0. The Balaban J connectivity index is 2.30. The van der Waals surface area contributed by atoms with Gasteiger partial charge in [0.25, 0.3) is 0 Å². The Morgan fingerprint density at radius 2 is 1.95 bits per heavy atom. The molecule has 0 fully saturated rings. The molecular formula is C20H24S. The molecule has 0 bridgehead atoms. The molecule has 2 aliphatic carbocycles. The molecule has 0 nitrogen and oxygen atoms in total. The van der Waals surface area contributed by atoms with Gasteiger partial charge in [0.2, 0.25) is 0 Å². The van der Waals surface area contributed by atoms with E-state index in [0.717, 1.165) is 5.75 Å². The molecule has 110 valence electrons. The molecule has 3 rings (SSSR count). The smallest absolute Gasteiger partial charge is 0.0163 e. The lowest BCUT2D eigenvalue weighted by Gasteiger charge is -2.17. The third-order valence-corrected chi connectivity index (χ3v) is 5.53. The maximum Gasteiger partial charge on any atom is 0.0163 e. The Bertz CT molecular complexity index is 701. The zero-order valence-electron chi connectivity index (χ0n) is 13.5. The summed E-state index contributed by atoms with van der Waals surface area (Å²) in [5, 5.41) is 0. The Kier molecular flexibility index (Phi) is 3.65. The van der Waals surface area contributed by atoms with Crippen LogP contribution >= 0.6 is 12.6 Å². The summed E-state index contributed by atoms with van der Waals surface area (Å²) in [5.74, 6) is 1.45. The maximum absolute atomic E-state index is 4.55. The van der Waals surface area contributed by atoms with Crippen molar-refractivity contribution < 1.29 is 0 Å². The van der Waals surface area contributed by atoms with E-state index in [9.17, 15) is 0 Å². The van der Waals surface area contributed by atoms with Crippen LogP contribution in [0.4, 0.5) is 0 Å². The Labute approximate surface area is 134 Å². The number of benzene rings is 1. The van der Waals surface area contributed by atoms with Gasteiger partial charge in [-0.3, -0.25) is 0 Å². The van der Waals surface area contributed by atoms with Crippen molar-refractivity contribution in [2.45, 2.75) is 40.5 Å². The van der Waals surface area contributed by atoms with Gasteiger partial charge in [-0.25, -0.2) is 0 Å². The summed E-state index contributed by atoms with van der Waals surface area (Å²) in [4.78, 5) is 0. The van der Waals surface area contributed by atoms with Crippen molar-refractivity contribution in [2.75, 3.05) is 5.75 Å². The van der Waals surface area contributed by atoms with Gasteiger partial charge in [-0.2, -0.15) is 12.6 Å². The van der Waals surface area contributed by atoms with Gasteiger partial charge in [0.1, 0.15) is 0 Å². The number of hydrogen-bond donors (Lipinski definition) is 1. The third-order valence-electron chi connectivity index (χ3n) is 5.21. The Morgan fingerprint density at radius 3 is 2.62 bits per heavy atom. The minimum absolute atomic E-state index is 0.663. The number of allylic oxidation sites excluding steroid dienone is 4. The fraction of sp³-hybridized carbons (Fsp3) is 0.400. The molecule has 0 saturated carbocycles. The SMILES string of the molecule is C=C1C(C)=C(CS)c2cc3c(c(C)c21)CC[C@H](C)C=C3C. The fourth-order valence-corrected chi connectivity index (χ4v) is 4.31.